The second-order valence-electron chi connectivity index (χ2n) is 20.5. The molecule has 0 aromatic rings. The quantitative estimate of drug-likeness (QED) is 0.0261. The number of carbonyl (C=O) groups excluding carboxylic acids is 3. The Hall–Kier alpha value is -5.49. The van der Waals surface area contributed by atoms with E-state index in [9.17, 15) is 14.4 Å². The maximum atomic E-state index is 12.9. The largest absolute Gasteiger partial charge is 0.462 e. The lowest BCUT2D eigenvalue weighted by molar-refractivity contribution is -0.166. The normalized spacial score (nSPS) is 13.4. The number of hydrogen-bond acceptors (Lipinski definition) is 6. The van der Waals surface area contributed by atoms with Gasteiger partial charge in [0.05, 0.1) is 0 Å². The predicted octanol–water partition coefficient (Wildman–Crippen LogP) is 22.4. The van der Waals surface area contributed by atoms with Crippen molar-refractivity contribution < 1.29 is 28.6 Å². The molecule has 6 heteroatoms. The first-order valence-electron chi connectivity index (χ1n) is 32.3. The zero-order chi connectivity index (χ0) is 58.5. The van der Waals surface area contributed by atoms with Crippen molar-refractivity contribution in [1.29, 1.82) is 0 Å². The average molecular weight is 1110 g/mol. The van der Waals surface area contributed by atoms with Gasteiger partial charge < -0.3 is 14.2 Å². The van der Waals surface area contributed by atoms with Crippen LogP contribution in [0.3, 0.4) is 0 Å². The van der Waals surface area contributed by atoms with Crippen LogP contribution >= 0.6 is 0 Å². The first-order chi connectivity index (χ1) is 40.0. The Morgan fingerprint density at radius 1 is 0.247 bits per heavy atom. The summed E-state index contributed by atoms with van der Waals surface area (Å²) >= 11 is 0. The van der Waals surface area contributed by atoms with Crippen LogP contribution in [-0.2, 0) is 28.6 Å². The van der Waals surface area contributed by atoms with Crippen molar-refractivity contribution in [2.75, 3.05) is 13.2 Å². The van der Waals surface area contributed by atoms with E-state index in [4.69, 9.17) is 14.2 Å². The van der Waals surface area contributed by atoms with E-state index >= 15 is 0 Å². The molecule has 0 aliphatic carbocycles. The molecule has 0 saturated carbocycles. The van der Waals surface area contributed by atoms with Gasteiger partial charge in [0.15, 0.2) is 6.10 Å². The minimum Gasteiger partial charge on any atom is -0.462 e. The molecule has 0 aromatic carbocycles. The van der Waals surface area contributed by atoms with E-state index in [0.29, 0.717) is 19.3 Å². The maximum absolute atomic E-state index is 12.9. The molecule has 0 bridgehead atoms. The van der Waals surface area contributed by atoms with Gasteiger partial charge in [0, 0.05) is 19.3 Å². The maximum Gasteiger partial charge on any atom is 0.306 e. The molecular formula is C75H116O6. The molecule has 0 aliphatic heterocycles. The summed E-state index contributed by atoms with van der Waals surface area (Å²) in [7, 11) is 0. The molecule has 1 unspecified atom stereocenters. The summed E-state index contributed by atoms with van der Waals surface area (Å²) in [5, 5.41) is 0. The second-order valence-corrected chi connectivity index (χ2v) is 20.5. The van der Waals surface area contributed by atoms with Crippen molar-refractivity contribution in [1.82, 2.24) is 0 Å². The van der Waals surface area contributed by atoms with Gasteiger partial charge in [-0.25, -0.2) is 0 Å². The Bertz CT molecular complexity index is 1900. The molecule has 6 nitrogen and oxygen atoms in total. The van der Waals surface area contributed by atoms with Crippen LogP contribution in [0, 0.1) is 0 Å². The van der Waals surface area contributed by atoms with Gasteiger partial charge in [0.1, 0.15) is 13.2 Å². The predicted molar refractivity (Wildman–Crippen MR) is 352 cm³/mol. The third-order valence-corrected chi connectivity index (χ3v) is 12.9. The van der Waals surface area contributed by atoms with E-state index in [0.717, 1.165) is 128 Å². The van der Waals surface area contributed by atoms with E-state index in [1.54, 1.807) is 0 Å². The molecule has 0 spiro atoms. The summed E-state index contributed by atoms with van der Waals surface area (Å²) in [6, 6.07) is 0. The lowest BCUT2D eigenvalue weighted by Gasteiger charge is -2.18. The Balaban J connectivity index is 4.45. The molecular weight excluding hydrogens is 997 g/mol. The molecule has 0 radical (unpaired) electrons. The van der Waals surface area contributed by atoms with Crippen molar-refractivity contribution in [2.45, 2.75) is 258 Å². The average Bonchev–Trinajstić information content (AvgIpc) is 3.47. The Labute approximate surface area is 497 Å². The highest BCUT2D eigenvalue weighted by Crippen LogP contribution is 2.15. The van der Waals surface area contributed by atoms with Gasteiger partial charge in [-0.05, 0) is 141 Å². The molecule has 0 rings (SSSR count). The molecule has 0 saturated heterocycles. The van der Waals surface area contributed by atoms with Crippen molar-refractivity contribution in [3.05, 3.63) is 182 Å². The number of ether oxygens (including phenoxy) is 3. The zero-order valence-electron chi connectivity index (χ0n) is 51.7. The fourth-order valence-electron chi connectivity index (χ4n) is 8.19. The topological polar surface area (TPSA) is 78.9 Å². The van der Waals surface area contributed by atoms with Crippen molar-refractivity contribution >= 4 is 17.9 Å². The van der Waals surface area contributed by atoms with Gasteiger partial charge in [0.25, 0.3) is 0 Å². The third kappa shape index (κ3) is 65.2. The summed E-state index contributed by atoms with van der Waals surface area (Å²) in [5.74, 6) is -1.07. The monoisotopic (exact) mass is 1110 g/mol. The molecule has 81 heavy (non-hydrogen) atoms. The van der Waals surface area contributed by atoms with Gasteiger partial charge in [-0.15, -0.1) is 0 Å². The lowest BCUT2D eigenvalue weighted by Crippen LogP contribution is -2.30. The lowest BCUT2D eigenvalue weighted by atomic mass is 10.0. The third-order valence-electron chi connectivity index (χ3n) is 12.9. The van der Waals surface area contributed by atoms with Crippen LogP contribution in [0.1, 0.15) is 252 Å². The van der Waals surface area contributed by atoms with Crippen LogP contribution in [0.4, 0.5) is 0 Å². The van der Waals surface area contributed by atoms with Crippen LogP contribution in [0.15, 0.2) is 182 Å². The minimum absolute atomic E-state index is 0.130. The van der Waals surface area contributed by atoms with Crippen molar-refractivity contribution in [3.63, 3.8) is 0 Å². The van der Waals surface area contributed by atoms with Crippen molar-refractivity contribution in [3.8, 4) is 0 Å². The van der Waals surface area contributed by atoms with E-state index in [2.05, 4.69) is 191 Å². The number of hydrogen-bond donors (Lipinski definition) is 0. The van der Waals surface area contributed by atoms with Crippen LogP contribution in [-0.4, -0.2) is 37.2 Å². The van der Waals surface area contributed by atoms with E-state index in [1.807, 2.05) is 12.2 Å². The van der Waals surface area contributed by atoms with Crippen LogP contribution in [0.2, 0.25) is 0 Å². The summed E-state index contributed by atoms with van der Waals surface area (Å²) in [5.41, 5.74) is 0. The first kappa shape index (κ1) is 75.5. The van der Waals surface area contributed by atoms with E-state index in [-0.39, 0.29) is 38.0 Å². The highest BCUT2D eigenvalue weighted by molar-refractivity contribution is 5.71. The number of allylic oxidation sites excluding steroid dienone is 30. The zero-order valence-corrected chi connectivity index (χ0v) is 51.7. The smallest absolute Gasteiger partial charge is 0.306 e. The molecule has 0 heterocycles. The molecule has 0 aromatic heterocycles. The van der Waals surface area contributed by atoms with Crippen LogP contribution in [0.25, 0.3) is 0 Å². The van der Waals surface area contributed by atoms with Gasteiger partial charge in [-0.3, -0.25) is 14.4 Å². The summed E-state index contributed by atoms with van der Waals surface area (Å²) in [4.78, 5) is 38.3. The number of rotatable bonds is 56. The Kier molecular flexibility index (Phi) is 62.5. The Morgan fingerprint density at radius 3 is 0.765 bits per heavy atom. The molecule has 1 atom stereocenters. The van der Waals surface area contributed by atoms with Crippen molar-refractivity contribution in [2.24, 2.45) is 0 Å². The standard InChI is InChI=1S/C75H116O6/c1-4-7-10-13-16-19-22-25-28-30-32-33-34-35-36-37-38-39-40-41-43-44-47-50-53-56-59-62-65-68-74(77)80-71-72(70-79-73(76)67-64-61-58-55-52-49-46-27-24-21-18-15-12-9-6-3)81-75(78)69-66-63-60-57-54-51-48-45-42-31-29-26-23-20-17-14-11-8-5-2/h7-12,16-21,25-29,32-33,35-36,42,45-46,51-52,54-55,60,63,72H,4-6,13-15,22-24,30-31,34,37-41,43-44,47-50,53,56-59,61-62,64-71H2,1-3H3/b10-7-,11-8-,12-9-,19-16-,20-17-,21-18-,28-25-,29-26-,33-32-,36-35-,45-42-,46-27-,54-51-,55-52-,63-60-. The Morgan fingerprint density at radius 2 is 0.469 bits per heavy atom. The molecule has 0 aliphatic rings. The van der Waals surface area contributed by atoms with Gasteiger partial charge in [0.2, 0.25) is 0 Å². The minimum atomic E-state index is -0.847. The van der Waals surface area contributed by atoms with E-state index < -0.39 is 12.1 Å². The van der Waals surface area contributed by atoms with Crippen LogP contribution in [0.5, 0.6) is 0 Å². The number of esters is 3. The molecule has 0 fully saturated rings. The van der Waals surface area contributed by atoms with Gasteiger partial charge in [-0.2, -0.15) is 0 Å². The summed E-state index contributed by atoms with van der Waals surface area (Å²) < 4.78 is 16.8. The fourth-order valence-corrected chi connectivity index (χ4v) is 8.19. The second kappa shape index (κ2) is 67.0. The number of carbonyl (C=O) groups is 3. The molecule has 0 amide bonds. The number of unbranched alkanes of at least 4 members (excludes halogenated alkanes) is 15. The SMILES string of the molecule is CC/C=C\C/C=C\C/C=C\C/C=C\C/C=C\C/C=C\CCC(=O)OC(COC(=O)CCCC/C=C\C/C=C\C/C=C\C/C=C\CC)COC(=O)CCCCCCCCCCCCCCC/C=C\C/C=C\C/C=C\C/C=C\C/C=C\CC. The highest BCUT2D eigenvalue weighted by atomic mass is 16.6. The summed E-state index contributed by atoms with van der Waals surface area (Å²) in [6.07, 6.45) is 101. The fraction of sp³-hybridized carbons (Fsp3) is 0.560. The van der Waals surface area contributed by atoms with Gasteiger partial charge in [-0.1, -0.05) is 274 Å². The van der Waals surface area contributed by atoms with E-state index in [1.165, 1.54) is 70.6 Å². The van der Waals surface area contributed by atoms with Gasteiger partial charge >= 0.3 is 17.9 Å². The molecule has 0 N–H and O–H groups in total. The summed E-state index contributed by atoms with van der Waals surface area (Å²) in [6.45, 7) is 6.19. The molecule has 452 valence electrons. The highest BCUT2D eigenvalue weighted by Gasteiger charge is 2.19. The first-order valence-corrected chi connectivity index (χ1v) is 32.3. The van der Waals surface area contributed by atoms with Crippen LogP contribution < -0.4 is 0 Å².